The van der Waals surface area contributed by atoms with Gasteiger partial charge in [-0.15, -0.1) is 6.58 Å². The van der Waals surface area contributed by atoms with Gasteiger partial charge < -0.3 is 10.6 Å². The Balaban J connectivity index is 2.48. The second kappa shape index (κ2) is 6.74. The normalized spacial score (nSPS) is 9.62. The monoisotopic (exact) mass is 274 g/mol. The average molecular weight is 275 g/mol. The van der Waals surface area contributed by atoms with Crippen molar-refractivity contribution in [2.75, 3.05) is 6.54 Å². The van der Waals surface area contributed by atoms with Crippen molar-refractivity contribution in [1.82, 2.24) is 10.6 Å². The van der Waals surface area contributed by atoms with Crippen LogP contribution in [0.2, 0.25) is 10.0 Å². The molecule has 0 heterocycles. The van der Waals surface area contributed by atoms with E-state index < -0.39 is 0 Å². The molecule has 5 heteroatoms. The van der Waals surface area contributed by atoms with E-state index in [4.69, 9.17) is 35.4 Å². The molecule has 1 aromatic carbocycles. The molecule has 0 aliphatic rings. The Morgan fingerprint density at radius 2 is 2.12 bits per heavy atom. The Bertz CT molecular complexity index is 394. The van der Waals surface area contributed by atoms with Gasteiger partial charge in [0.05, 0.1) is 0 Å². The van der Waals surface area contributed by atoms with Gasteiger partial charge in [-0.3, -0.25) is 0 Å². The second-order valence-electron chi connectivity index (χ2n) is 3.09. The molecule has 0 bridgehead atoms. The fourth-order valence-corrected chi connectivity index (χ4v) is 1.70. The summed E-state index contributed by atoms with van der Waals surface area (Å²) in [6.45, 7) is 4.80. The molecule has 0 atom stereocenters. The zero-order valence-electron chi connectivity index (χ0n) is 8.59. The maximum atomic E-state index is 6.01. The minimum atomic E-state index is 0.568. The van der Waals surface area contributed by atoms with Crippen LogP contribution < -0.4 is 10.6 Å². The zero-order valence-corrected chi connectivity index (χ0v) is 10.9. The number of rotatable bonds is 4. The highest BCUT2D eigenvalue weighted by Crippen LogP contribution is 2.20. The smallest absolute Gasteiger partial charge is 0.166 e. The van der Waals surface area contributed by atoms with E-state index >= 15 is 0 Å². The average Bonchev–Trinajstić information content (AvgIpc) is 2.25. The van der Waals surface area contributed by atoms with Crippen LogP contribution in [0.3, 0.4) is 0 Å². The lowest BCUT2D eigenvalue weighted by atomic mass is 10.2. The predicted molar refractivity (Wildman–Crippen MR) is 74.1 cm³/mol. The van der Waals surface area contributed by atoms with Crippen molar-refractivity contribution in [2.24, 2.45) is 0 Å². The van der Waals surface area contributed by atoms with E-state index in [0.717, 1.165) is 5.56 Å². The third kappa shape index (κ3) is 4.39. The maximum absolute atomic E-state index is 6.01. The van der Waals surface area contributed by atoms with Gasteiger partial charge in [-0.2, -0.15) is 0 Å². The third-order valence-electron chi connectivity index (χ3n) is 1.86. The van der Waals surface area contributed by atoms with Crippen molar-refractivity contribution in [3.05, 3.63) is 46.5 Å². The van der Waals surface area contributed by atoms with Crippen LogP contribution in [0.25, 0.3) is 0 Å². The van der Waals surface area contributed by atoms with E-state index in [1.807, 2.05) is 6.07 Å². The van der Waals surface area contributed by atoms with Gasteiger partial charge in [-0.25, -0.2) is 0 Å². The van der Waals surface area contributed by atoms with Crippen molar-refractivity contribution in [3.63, 3.8) is 0 Å². The minimum absolute atomic E-state index is 0.568. The molecule has 0 fully saturated rings. The first-order chi connectivity index (χ1) is 7.63. The summed E-state index contributed by atoms with van der Waals surface area (Å²) >= 11 is 16.9. The molecule has 0 radical (unpaired) electrons. The van der Waals surface area contributed by atoms with E-state index in [0.29, 0.717) is 28.2 Å². The quantitative estimate of drug-likeness (QED) is 0.652. The van der Waals surface area contributed by atoms with Crippen LogP contribution in [0.5, 0.6) is 0 Å². The summed E-state index contributed by atoms with van der Waals surface area (Å²) < 4.78 is 0. The Morgan fingerprint density at radius 3 is 2.75 bits per heavy atom. The molecule has 0 aromatic heterocycles. The topological polar surface area (TPSA) is 24.1 Å². The minimum Gasteiger partial charge on any atom is -0.359 e. The lowest BCUT2D eigenvalue weighted by molar-refractivity contribution is 0.873. The van der Waals surface area contributed by atoms with Crippen molar-refractivity contribution < 1.29 is 0 Å². The molecule has 0 saturated carbocycles. The molecule has 1 rings (SSSR count). The summed E-state index contributed by atoms with van der Waals surface area (Å²) in [7, 11) is 0. The third-order valence-corrected chi connectivity index (χ3v) is 2.74. The summed E-state index contributed by atoms with van der Waals surface area (Å²) in [6.07, 6.45) is 1.74. The number of benzene rings is 1. The maximum Gasteiger partial charge on any atom is 0.166 e. The van der Waals surface area contributed by atoms with Crippen LogP contribution in [-0.4, -0.2) is 11.7 Å². The predicted octanol–water partition coefficient (Wildman–Crippen LogP) is 3.14. The molecule has 0 amide bonds. The molecule has 2 nitrogen and oxygen atoms in total. The molecule has 0 aliphatic heterocycles. The van der Waals surface area contributed by atoms with Crippen molar-refractivity contribution in [1.29, 1.82) is 0 Å². The molecule has 1 aromatic rings. The number of hydrogen-bond donors (Lipinski definition) is 2. The fourth-order valence-electron chi connectivity index (χ4n) is 1.07. The molecule has 16 heavy (non-hydrogen) atoms. The first kappa shape index (κ1) is 13.3. The Kier molecular flexibility index (Phi) is 5.60. The van der Waals surface area contributed by atoms with E-state index in [2.05, 4.69) is 17.2 Å². The van der Waals surface area contributed by atoms with Gasteiger partial charge in [0.15, 0.2) is 5.11 Å². The van der Waals surface area contributed by atoms with Crippen LogP contribution in [0.1, 0.15) is 5.56 Å². The Morgan fingerprint density at radius 1 is 1.38 bits per heavy atom. The van der Waals surface area contributed by atoms with Crippen LogP contribution in [0.4, 0.5) is 0 Å². The number of hydrogen-bond acceptors (Lipinski definition) is 1. The molecule has 0 spiro atoms. The van der Waals surface area contributed by atoms with Crippen LogP contribution in [0.15, 0.2) is 30.9 Å². The molecule has 86 valence electrons. The van der Waals surface area contributed by atoms with E-state index in [-0.39, 0.29) is 0 Å². The van der Waals surface area contributed by atoms with Crippen molar-refractivity contribution >= 4 is 40.5 Å². The summed E-state index contributed by atoms with van der Waals surface area (Å²) in [5.41, 5.74) is 0.953. The van der Waals surface area contributed by atoms with E-state index in [1.165, 1.54) is 0 Å². The lowest BCUT2D eigenvalue weighted by Gasteiger charge is -2.10. The zero-order chi connectivity index (χ0) is 12.0. The highest BCUT2D eigenvalue weighted by Gasteiger charge is 2.01. The molecule has 0 saturated heterocycles. The first-order valence-corrected chi connectivity index (χ1v) is 5.86. The number of thiocarbonyl (C=S) groups is 1. The highest BCUT2D eigenvalue weighted by atomic mass is 35.5. The molecular formula is C11H12Cl2N2S. The van der Waals surface area contributed by atoms with Crippen molar-refractivity contribution in [3.8, 4) is 0 Å². The largest absolute Gasteiger partial charge is 0.359 e. The molecular weight excluding hydrogens is 263 g/mol. The Hall–Kier alpha value is -0.770. The number of nitrogens with one attached hydrogen (secondary N) is 2. The van der Waals surface area contributed by atoms with E-state index in [1.54, 1.807) is 18.2 Å². The lowest BCUT2D eigenvalue weighted by Crippen LogP contribution is -2.34. The summed E-state index contributed by atoms with van der Waals surface area (Å²) in [5.74, 6) is 0. The molecule has 0 aliphatic carbocycles. The summed E-state index contributed by atoms with van der Waals surface area (Å²) in [4.78, 5) is 0. The Labute approximate surface area is 111 Å². The van der Waals surface area contributed by atoms with Gasteiger partial charge in [0, 0.05) is 23.1 Å². The van der Waals surface area contributed by atoms with E-state index in [9.17, 15) is 0 Å². The second-order valence-corrected chi connectivity index (χ2v) is 4.34. The van der Waals surface area contributed by atoms with Gasteiger partial charge in [0.2, 0.25) is 0 Å². The van der Waals surface area contributed by atoms with Gasteiger partial charge in [0.1, 0.15) is 0 Å². The molecule has 0 unspecified atom stereocenters. The van der Waals surface area contributed by atoms with Gasteiger partial charge in [-0.1, -0.05) is 35.3 Å². The van der Waals surface area contributed by atoms with Gasteiger partial charge in [0.25, 0.3) is 0 Å². The van der Waals surface area contributed by atoms with Gasteiger partial charge in [-0.05, 0) is 29.9 Å². The first-order valence-electron chi connectivity index (χ1n) is 4.70. The molecule has 2 N–H and O–H groups in total. The summed E-state index contributed by atoms with van der Waals surface area (Å²) in [6, 6.07) is 5.37. The van der Waals surface area contributed by atoms with Crippen LogP contribution >= 0.6 is 35.4 Å². The van der Waals surface area contributed by atoms with Crippen LogP contribution in [-0.2, 0) is 6.54 Å². The standard InChI is InChI=1S/C11H12Cl2N2S/c1-2-5-14-11(16)15-7-8-3-4-9(12)6-10(8)13/h2-4,6H,1,5,7H2,(H2,14,15,16). The van der Waals surface area contributed by atoms with Crippen molar-refractivity contribution in [2.45, 2.75) is 6.54 Å². The fraction of sp³-hybridized carbons (Fsp3) is 0.182. The number of halogens is 2. The SMILES string of the molecule is C=CCNC(=S)NCc1ccc(Cl)cc1Cl. The van der Waals surface area contributed by atoms with Crippen LogP contribution in [0, 0.1) is 0 Å². The van der Waals surface area contributed by atoms with Gasteiger partial charge >= 0.3 is 0 Å². The highest BCUT2D eigenvalue weighted by molar-refractivity contribution is 7.80. The summed E-state index contributed by atoms with van der Waals surface area (Å²) in [5, 5.41) is 7.84.